The van der Waals surface area contributed by atoms with Crippen LogP contribution in [0.4, 0.5) is 5.82 Å². The summed E-state index contributed by atoms with van der Waals surface area (Å²) >= 11 is 5.82. The van der Waals surface area contributed by atoms with E-state index in [4.69, 9.17) is 11.6 Å². The zero-order valence-electron chi connectivity index (χ0n) is 9.87. The number of aryl methyl sites for hydroxylation is 2. The van der Waals surface area contributed by atoms with Gasteiger partial charge in [-0.05, 0) is 31.5 Å². The topological polar surface area (TPSA) is 37.8 Å². The van der Waals surface area contributed by atoms with E-state index in [1.807, 2.05) is 38.1 Å². The molecule has 0 amide bonds. The molecule has 0 aliphatic rings. The molecule has 3 nitrogen and oxygen atoms in total. The van der Waals surface area contributed by atoms with Crippen LogP contribution in [0, 0.1) is 13.8 Å². The van der Waals surface area contributed by atoms with Gasteiger partial charge in [-0.25, -0.2) is 4.98 Å². The number of nitrogens with one attached hydrogen (secondary N) is 1. The van der Waals surface area contributed by atoms with E-state index in [9.17, 15) is 0 Å². The van der Waals surface area contributed by atoms with Crippen LogP contribution >= 0.6 is 11.6 Å². The molecule has 2 aromatic rings. The van der Waals surface area contributed by atoms with Crippen molar-refractivity contribution >= 4 is 17.4 Å². The number of aromatic nitrogens is 2. The Morgan fingerprint density at radius 3 is 2.47 bits per heavy atom. The van der Waals surface area contributed by atoms with Gasteiger partial charge in [-0.3, -0.25) is 4.98 Å². The molecule has 4 heteroatoms. The first-order chi connectivity index (χ1) is 8.15. The van der Waals surface area contributed by atoms with E-state index in [0.29, 0.717) is 6.54 Å². The molecule has 0 atom stereocenters. The molecule has 0 spiro atoms. The van der Waals surface area contributed by atoms with Crippen LogP contribution in [0.25, 0.3) is 0 Å². The zero-order valence-corrected chi connectivity index (χ0v) is 10.6. The lowest BCUT2D eigenvalue weighted by atomic mass is 10.2. The molecule has 1 aromatic carbocycles. The Labute approximate surface area is 106 Å². The average molecular weight is 248 g/mol. The molecule has 0 saturated carbocycles. The second kappa shape index (κ2) is 5.15. The van der Waals surface area contributed by atoms with E-state index < -0.39 is 0 Å². The molecule has 0 unspecified atom stereocenters. The van der Waals surface area contributed by atoms with Gasteiger partial charge in [0.15, 0.2) is 0 Å². The maximum atomic E-state index is 5.82. The summed E-state index contributed by atoms with van der Waals surface area (Å²) in [5, 5.41) is 3.98. The smallest absolute Gasteiger partial charge is 0.145 e. The van der Waals surface area contributed by atoms with Gasteiger partial charge in [0.25, 0.3) is 0 Å². The van der Waals surface area contributed by atoms with E-state index in [0.717, 1.165) is 27.8 Å². The van der Waals surface area contributed by atoms with E-state index in [1.54, 1.807) is 6.20 Å². The minimum Gasteiger partial charge on any atom is -0.365 e. The van der Waals surface area contributed by atoms with Gasteiger partial charge in [0.2, 0.25) is 0 Å². The van der Waals surface area contributed by atoms with Gasteiger partial charge in [0.05, 0.1) is 17.6 Å². The lowest BCUT2D eigenvalue weighted by Crippen LogP contribution is -2.03. The van der Waals surface area contributed by atoms with Gasteiger partial charge in [-0.2, -0.15) is 0 Å². The molecule has 17 heavy (non-hydrogen) atoms. The van der Waals surface area contributed by atoms with Crippen molar-refractivity contribution in [3.63, 3.8) is 0 Å². The standard InChI is InChI=1S/C13H14ClN3/c1-9-10(2)17-13(8-15-9)16-7-11-3-5-12(14)6-4-11/h3-6,8H,7H2,1-2H3,(H,16,17). The van der Waals surface area contributed by atoms with Crippen LogP contribution in [0.5, 0.6) is 0 Å². The monoisotopic (exact) mass is 247 g/mol. The molecule has 1 heterocycles. The number of hydrogen-bond acceptors (Lipinski definition) is 3. The summed E-state index contributed by atoms with van der Waals surface area (Å²) in [6, 6.07) is 7.74. The van der Waals surface area contributed by atoms with Crippen LogP contribution in [0.3, 0.4) is 0 Å². The van der Waals surface area contributed by atoms with E-state index in [1.165, 1.54) is 0 Å². The van der Waals surface area contributed by atoms with Gasteiger partial charge in [-0.15, -0.1) is 0 Å². The molecule has 0 fully saturated rings. The SMILES string of the molecule is Cc1ncc(NCc2ccc(Cl)cc2)nc1C. The van der Waals surface area contributed by atoms with Crippen molar-refractivity contribution in [1.29, 1.82) is 0 Å². The largest absolute Gasteiger partial charge is 0.365 e. The first kappa shape index (κ1) is 11.9. The number of benzene rings is 1. The van der Waals surface area contributed by atoms with Gasteiger partial charge in [0.1, 0.15) is 5.82 Å². The molecular formula is C13H14ClN3. The van der Waals surface area contributed by atoms with Gasteiger partial charge >= 0.3 is 0 Å². The summed E-state index contributed by atoms with van der Waals surface area (Å²) in [6.45, 7) is 4.62. The molecule has 1 N–H and O–H groups in total. The molecule has 1 aromatic heterocycles. The van der Waals surface area contributed by atoms with E-state index in [-0.39, 0.29) is 0 Å². The number of nitrogens with zero attached hydrogens (tertiary/aromatic N) is 2. The minimum atomic E-state index is 0.717. The highest BCUT2D eigenvalue weighted by Gasteiger charge is 1.99. The highest BCUT2D eigenvalue weighted by molar-refractivity contribution is 6.30. The number of halogens is 1. The Morgan fingerprint density at radius 2 is 1.82 bits per heavy atom. The van der Waals surface area contributed by atoms with Crippen molar-refractivity contribution in [1.82, 2.24) is 9.97 Å². The fourth-order valence-electron chi connectivity index (χ4n) is 1.42. The molecule has 0 bridgehead atoms. The summed E-state index contributed by atoms with van der Waals surface area (Å²) in [4.78, 5) is 8.66. The third-order valence-corrected chi connectivity index (χ3v) is 2.83. The van der Waals surface area contributed by atoms with Gasteiger partial charge in [0, 0.05) is 11.6 Å². The van der Waals surface area contributed by atoms with Crippen molar-refractivity contribution in [3.8, 4) is 0 Å². The van der Waals surface area contributed by atoms with Gasteiger partial charge in [-0.1, -0.05) is 23.7 Å². The summed E-state index contributed by atoms with van der Waals surface area (Å²) in [5.74, 6) is 0.794. The Balaban J connectivity index is 2.02. The number of rotatable bonds is 3. The molecule has 0 radical (unpaired) electrons. The number of hydrogen-bond donors (Lipinski definition) is 1. The predicted octanol–water partition coefficient (Wildman–Crippen LogP) is 3.36. The van der Waals surface area contributed by atoms with Crippen LogP contribution in [0.15, 0.2) is 30.5 Å². The first-order valence-corrected chi connectivity index (χ1v) is 5.81. The van der Waals surface area contributed by atoms with Crippen molar-refractivity contribution in [3.05, 3.63) is 52.4 Å². The van der Waals surface area contributed by atoms with Crippen molar-refractivity contribution in [2.24, 2.45) is 0 Å². The number of anilines is 1. The highest BCUT2D eigenvalue weighted by Crippen LogP contribution is 2.11. The van der Waals surface area contributed by atoms with Crippen LogP contribution in [-0.4, -0.2) is 9.97 Å². The molecule has 0 aliphatic carbocycles. The quantitative estimate of drug-likeness (QED) is 0.904. The molecule has 88 valence electrons. The fraction of sp³-hybridized carbons (Fsp3) is 0.231. The maximum Gasteiger partial charge on any atom is 0.145 e. The van der Waals surface area contributed by atoms with Crippen molar-refractivity contribution in [2.45, 2.75) is 20.4 Å². The maximum absolute atomic E-state index is 5.82. The Hall–Kier alpha value is -1.61. The fourth-order valence-corrected chi connectivity index (χ4v) is 1.55. The Kier molecular flexibility index (Phi) is 3.59. The second-order valence-electron chi connectivity index (χ2n) is 3.91. The first-order valence-electron chi connectivity index (χ1n) is 5.44. The van der Waals surface area contributed by atoms with Crippen LogP contribution in [-0.2, 0) is 6.54 Å². The molecule has 0 saturated heterocycles. The van der Waals surface area contributed by atoms with Gasteiger partial charge < -0.3 is 5.32 Å². The summed E-state index contributed by atoms with van der Waals surface area (Å²) in [7, 11) is 0. The molecular weight excluding hydrogens is 234 g/mol. The van der Waals surface area contributed by atoms with E-state index in [2.05, 4.69) is 15.3 Å². The summed E-state index contributed by atoms with van der Waals surface area (Å²) in [6.07, 6.45) is 1.75. The van der Waals surface area contributed by atoms with Crippen LogP contribution in [0.1, 0.15) is 17.0 Å². The summed E-state index contributed by atoms with van der Waals surface area (Å²) < 4.78 is 0. The van der Waals surface area contributed by atoms with E-state index >= 15 is 0 Å². The third kappa shape index (κ3) is 3.17. The summed E-state index contributed by atoms with van der Waals surface area (Å²) in [5.41, 5.74) is 3.07. The van der Waals surface area contributed by atoms with Crippen molar-refractivity contribution < 1.29 is 0 Å². The average Bonchev–Trinajstić information content (AvgIpc) is 2.33. The predicted molar refractivity (Wildman–Crippen MR) is 70.3 cm³/mol. The third-order valence-electron chi connectivity index (χ3n) is 2.58. The second-order valence-corrected chi connectivity index (χ2v) is 4.34. The van der Waals surface area contributed by atoms with Crippen LogP contribution < -0.4 is 5.32 Å². The Morgan fingerprint density at radius 1 is 1.12 bits per heavy atom. The lowest BCUT2D eigenvalue weighted by molar-refractivity contribution is 1.02. The zero-order chi connectivity index (χ0) is 12.3. The normalized spacial score (nSPS) is 10.3. The van der Waals surface area contributed by atoms with Crippen LogP contribution in [0.2, 0.25) is 5.02 Å². The van der Waals surface area contributed by atoms with Crippen molar-refractivity contribution in [2.75, 3.05) is 5.32 Å². The lowest BCUT2D eigenvalue weighted by Gasteiger charge is -2.07. The molecule has 0 aliphatic heterocycles. The minimum absolute atomic E-state index is 0.717. The molecule has 2 rings (SSSR count). The highest BCUT2D eigenvalue weighted by atomic mass is 35.5. The Bertz CT molecular complexity index is 509.